The smallest absolute Gasteiger partial charge is 0.255 e. The first kappa shape index (κ1) is 16.4. The second-order valence-corrected chi connectivity index (χ2v) is 7.90. The van der Waals surface area contributed by atoms with Crippen molar-refractivity contribution in [1.29, 1.82) is 0 Å². The molecule has 3 rings (SSSR count). The molecule has 1 N–H and O–H groups in total. The zero-order valence-electron chi connectivity index (χ0n) is 13.2. The highest BCUT2D eigenvalue weighted by Gasteiger charge is 2.22. The summed E-state index contributed by atoms with van der Waals surface area (Å²) in [5.74, 6) is 0.736. The number of hydrogen-bond acceptors (Lipinski definition) is 5. The van der Waals surface area contributed by atoms with E-state index in [9.17, 15) is 13.2 Å². The number of pyridine rings is 1. The lowest BCUT2D eigenvalue weighted by molar-refractivity contribution is 0.102. The van der Waals surface area contributed by atoms with Gasteiger partial charge in [0.25, 0.3) is 5.91 Å². The molecule has 0 atom stereocenters. The normalized spacial score (nSPS) is 14.2. The molecular formula is C17H18N2O4S. The summed E-state index contributed by atoms with van der Waals surface area (Å²) in [6.45, 7) is 0.630. The van der Waals surface area contributed by atoms with E-state index in [0.29, 0.717) is 29.7 Å². The lowest BCUT2D eigenvalue weighted by atomic mass is 10.2. The van der Waals surface area contributed by atoms with E-state index in [0.717, 1.165) is 6.26 Å². The van der Waals surface area contributed by atoms with Crippen LogP contribution < -0.4 is 10.1 Å². The molecule has 1 aliphatic carbocycles. The molecule has 24 heavy (non-hydrogen) atoms. The lowest BCUT2D eigenvalue weighted by Gasteiger charge is -2.08. The average Bonchev–Trinajstić information content (AvgIpc) is 3.37. The quantitative estimate of drug-likeness (QED) is 0.869. The van der Waals surface area contributed by atoms with Gasteiger partial charge in [0.2, 0.25) is 5.88 Å². The maximum Gasteiger partial charge on any atom is 0.255 e. The highest BCUT2D eigenvalue weighted by molar-refractivity contribution is 7.90. The molecule has 0 radical (unpaired) electrons. The molecule has 1 saturated carbocycles. The molecule has 0 aliphatic heterocycles. The van der Waals surface area contributed by atoms with Crippen LogP contribution in [0.15, 0.2) is 47.5 Å². The van der Waals surface area contributed by atoms with Gasteiger partial charge in [0.15, 0.2) is 9.84 Å². The number of hydrogen-bond donors (Lipinski definition) is 1. The minimum Gasteiger partial charge on any atom is -0.477 e. The van der Waals surface area contributed by atoms with Crippen LogP contribution in [0.3, 0.4) is 0 Å². The number of sulfone groups is 1. The lowest BCUT2D eigenvalue weighted by Crippen LogP contribution is -2.12. The predicted molar refractivity (Wildman–Crippen MR) is 90.0 cm³/mol. The third-order valence-electron chi connectivity index (χ3n) is 3.70. The predicted octanol–water partition coefficient (Wildman–Crippen LogP) is 2.53. The van der Waals surface area contributed by atoms with Crippen molar-refractivity contribution in [1.82, 2.24) is 4.98 Å². The second-order valence-electron chi connectivity index (χ2n) is 5.89. The number of carbonyl (C=O) groups is 1. The summed E-state index contributed by atoms with van der Waals surface area (Å²) in [7, 11) is -3.25. The number of amides is 1. The van der Waals surface area contributed by atoms with Gasteiger partial charge in [-0.15, -0.1) is 0 Å². The standard InChI is InChI=1S/C17H18N2O4S/c1-24(21,22)15-6-4-14(5-7-15)19-17(20)13-8-9-18-16(10-13)23-11-12-2-3-12/h4-10,12H,2-3,11H2,1H3,(H,19,20). The molecule has 0 bridgehead atoms. The van der Waals surface area contributed by atoms with E-state index in [1.54, 1.807) is 24.3 Å². The number of nitrogens with one attached hydrogen (secondary N) is 1. The molecule has 1 aromatic carbocycles. The SMILES string of the molecule is CS(=O)(=O)c1ccc(NC(=O)c2ccnc(OCC3CC3)c2)cc1. The highest BCUT2D eigenvalue weighted by atomic mass is 32.2. The molecular weight excluding hydrogens is 328 g/mol. The number of aromatic nitrogens is 1. The number of anilines is 1. The van der Waals surface area contributed by atoms with E-state index in [1.165, 1.54) is 31.2 Å². The van der Waals surface area contributed by atoms with Crippen molar-refractivity contribution in [3.63, 3.8) is 0 Å². The van der Waals surface area contributed by atoms with Crippen molar-refractivity contribution in [2.75, 3.05) is 18.2 Å². The number of nitrogens with zero attached hydrogens (tertiary/aromatic N) is 1. The van der Waals surface area contributed by atoms with Crippen LogP contribution >= 0.6 is 0 Å². The first-order valence-corrected chi connectivity index (χ1v) is 9.51. The van der Waals surface area contributed by atoms with E-state index < -0.39 is 9.84 Å². The molecule has 0 saturated heterocycles. The number of carbonyl (C=O) groups excluding carboxylic acids is 1. The monoisotopic (exact) mass is 346 g/mol. The van der Waals surface area contributed by atoms with Crippen molar-refractivity contribution >= 4 is 21.4 Å². The van der Waals surface area contributed by atoms with Gasteiger partial charge < -0.3 is 10.1 Å². The van der Waals surface area contributed by atoms with Gasteiger partial charge in [-0.05, 0) is 49.1 Å². The van der Waals surface area contributed by atoms with Gasteiger partial charge in [0, 0.05) is 29.8 Å². The van der Waals surface area contributed by atoms with E-state index in [-0.39, 0.29) is 10.8 Å². The van der Waals surface area contributed by atoms with Gasteiger partial charge in [0.05, 0.1) is 11.5 Å². The van der Waals surface area contributed by atoms with E-state index in [2.05, 4.69) is 10.3 Å². The van der Waals surface area contributed by atoms with Gasteiger partial charge in [0.1, 0.15) is 0 Å². The Morgan fingerprint density at radius 3 is 2.58 bits per heavy atom. The van der Waals surface area contributed by atoms with Gasteiger partial charge >= 0.3 is 0 Å². The minimum atomic E-state index is -3.25. The van der Waals surface area contributed by atoms with Crippen LogP contribution in [-0.4, -0.2) is 32.2 Å². The van der Waals surface area contributed by atoms with Crippen LogP contribution in [0, 0.1) is 5.92 Å². The molecule has 2 aromatic rings. The van der Waals surface area contributed by atoms with Crippen LogP contribution in [0.25, 0.3) is 0 Å². The highest BCUT2D eigenvalue weighted by Crippen LogP contribution is 2.29. The largest absolute Gasteiger partial charge is 0.477 e. The van der Waals surface area contributed by atoms with Crippen molar-refractivity contribution in [2.45, 2.75) is 17.7 Å². The Balaban J connectivity index is 1.66. The van der Waals surface area contributed by atoms with E-state index in [1.807, 2.05) is 0 Å². The Morgan fingerprint density at radius 1 is 1.25 bits per heavy atom. The summed E-state index contributed by atoms with van der Waals surface area (Å²) in [4.78, 5) is 16.6. The summed E-state index contributed by atoms with van der Waals surface area (Å²) in [6, 6.07) is 9.23. The third kappa shape index (κ3) is 4.32. The average molecular weight is 346 g/mol. The molecule has 0 unspecified atom stereocenters. The van der Waals surface area contributed by atoms with Crippen molar-refractivity contribution in [3.8, 4) is 5.88 Å². The van der Waals surface area contributed by atoms with Crippen LogP contribution in [0.1, 0.15) is 23.2 Å². The maximum atomic E-state index is 12.3. The van der Waals surface area contributed by atoms with Crippen molar-refractivity contribution < 1.29 is 17.9 Å². The summed E-state index contributed by atoms with van der Waals surface area (Å²) < 4.78 is 28.4. The number of ether oxygens (including phenoxy) is 1. The van der Waals surface area contributed by atoms with Gasteiger partial charge in [-0.2, -0.15) is 0 Å². The summed E-state index contributed by atoms with van der Waals surface area (Å²) in [5.41, 5.74) is 0.952. The second kappa shape index (κ2) is 6.60. The molecule has 1 amide bonds. The fourth-order valence-corrected chi connectivity index (χ4v) is 2.74. The molecule has 7 heteroatoms. The van der Waals surface area contributed by atoms with E-state index in [4.69, 9.17) is 4.74 Å². The molecule has 1 heterocycles. The summed E-state index contributed by atoms with van der Waals surface area (Å²) in [5, 5.41) is 2.72. The molecule has 126 valence electrons. The van der Waals surface area contributed by atoms with Crippen molar-refractivity contribution in [2.24, 2.45) is 5.92 Å². The first-order chi connectivity index (χ1) is 11.4. The van der Waals surface area contributed by atoms with Crippen LogP contribution in [0.2, 0.25) is 0 Å². The number of rotatable bonds is 6. The Morgan fingerprint density at radius 2 is 1.96 bits per heavy atom. The van der Waals surface area contributed by atoms with Crippen LogP contribution in [0.4, 0.5) is 5.69 Å². The van der Waals surface area contributed by atoms with Gasteiger partial charge in [-0.1, -0.05) is 0 Å². The molecule has 1 aliphatic rings. The van der Waals surface area contributed by atoms with Crippen molar-refractivity contribution in [3.05, 3.63) is 48.2 Å². The fourth-order valence-electron chi connectivity index (χ4n) is 2.11. The fraction of sp³-hybridized carbons (Fsp3) is 0.294. The topological polar surface area (TPSA) is 85.4 Å². The molecule has 1 fully saturated rings. The molecule has 1 aromatic heterocycles. The Labute approximate surface area is 140 Å². The van der Waals surface area contributed by atoms with Crippen LogP contribution in [-0.2, 0) is 9.84 Å². The third-order valence-corrected chi connectivity index (χ3v) is 4.83. The zero-order valence-corrected chi connectivity index (χ0v) is 14.0. The summed E-state index contributed by atoms with van der Waals surface area (Å²) >= 11 is 0. The Bertz CT molecular complexity index is 843. The number of benzene rings is 1. The zero-order chi connectivity index (χ0) is 17.2. The van der Waals surface area contributed by atoms with Crippen LogP contribution in [0.5, 0.6) is 5.88 Å². The summed E-state index contributed by atoms with van der Waals surface area (Å²) in [6.07, 6.45) is 5.04. The Hall–Kier alpha value is -2.41. The minimum absolute atomic E-state index is 0.208. The molecule has 0 spiro atoms. The first-order valence-electron chi connectivity index (χ1n) is 7.62. The van der Waals surface area contributed by atoms with Gasteiger partial charge in [-0.25, -0.2) is 13.4 Å². The molecule has 6 nitrogen and oxygen atoms in total. The van der Waals surface area contributed by atoms with Gasteiger partial charge in [-0.3, -0.25) is 4.79 Å². The maximum absolute atomic E-state index is 12.3. The Kier molecular flexibility index (Phi) is 4.53. The van der Waals surface area contributed by atoms with E-state index >= 15 is 0 Å².